The molecule has 0 unspecified atom stereocenters. The van der Waals surface area contributed by atoms with Crippen LogP contribution in [0, 0.1) is 5.92 Å². The fourth-order valence-electron chi connectivity index (χ4n) is 3.35. The van der Waals surface area contributed by atoms with E-state index >= 15 is 0 Å². The van der Waals surface area contributed by atoms with Crippen molar-refractivity contribution in [2.45, 2.75) is 19.4 Å². The van der Waals surface area contributed by atoms with Gasteiger partial charge in [-0.2, -0.15) is 0 Å². The number of benzene rings is 1. The maximum atomic E-state index is 12.7. The van der Waals surface area contributed by atoms with Crippen molar-refractivity contribution in [3.05, 3.63) is 29.8 Å². The number of methoxy groups -OCH3 is 1. The monoisotopic (exact) mass is 332 g/mol. The molecule has 0 aliphatic carbocycles. The third-order valence-electron chi connectivity index (χ3n) is 4.65. The number of ether oxygens (including phenoxy) is 2. The number of hydrogen-bond donors (Lipinski definition) is 0. The fourth-order valence-corrected chi connectivity index (χ4v) is 3.35. The van der Waals surface area contributed by atoms with Gasteiger partial charge < -0.3 is 19.3 Å². The van der Waals surface area contributed by atoms with Crippen LogP contribution in [-0.4, -0.2) is 61.6 Å². The van der Waals surface area contributed by atoms with Gasteiger partial charge in [0.15, 0.2) is 0 Å². The lowest BCUT2D eigenvalue weighted by Gasteiger charge is -2.23. The number of carbonyl (C=O) groups excluding carboxylic acids is 2. The van der Waals surface area contributed by atoms with Crippen molar-refractivity contribution < 1.29 is 19.1 Å². The van der Waals surface area contributed by atoms with Gasteiger partial charge in [0.25, 0.3) is 0 Å². The van der Waals surface area contributed by atoms with Crippen LogP contribution in [-0.2, 0) is 20.9 Å². The molecule has 6 heteroatoms. The van der Waals surface area contributed by atoms with E-state index in [1.165, 1.54) is 0 Å². The molecule has 0 bridgehead atoms. The lowest BCUT2D eigenvalue weighted by molar-refractivity contribution is -0.135. The van der Waals surface area contributed by atoms with Gasteiger partial charge in [0.05, 0.1) is 19.6 Å². The zero-order valence-electron chi connectivity index (χ0n) is 14.1. The lowest BCUT2D eigenvalue weighted by atomic mass is 10.1. The van der Waals surface area contributed by atoms with Gasteiger partial charge in [-0.3, -0.25) is 9.59 Å². The Morgan fingerprint density at radius 2 is 2.12 bits per heavy atom. The molecule has 2 aliphatic heterocycles. The number of rotatable bonds is 4. The van der Waals surface area contributed by atoms with E-state index in [0.717, 1.165) is 24.3 Å². The molecule has 1 aromatic rings. The van der Waals surface area contributed by atoms with E-state index in [9.17, 15) is 9.59 Å². The molecule has 2 aliphatic rings. The molecule has 2 saturated heterocycles. The summed E-state index contributed by atoms with van der Waals surface area (Å²) in [6.07, 6.45) is 1.16. The molecule has 0 aromatic heterocycles. The van der Waals surface area contributed by atoms with Crippen LogP contribution < -0.4 is 4.74 Å². The van der Waals surface area contributed by atoms with E-state index in [0.29, 0.717) is 39.3 Å². The highest BCUT2D eigenvalue weighted by Crippen LogP contribution is 2.26. The van der Waals surface area contributed by atoms with Gasteiger partial charge in [0.1, 0.15) is 5.75 Å². The summed E-state index contributed by atoms with van der Waals surface area (Å²) in [6.45, 7) is 3.58. The Hall–Kier alpha value is -2.08. The molecule has 24 heavy (non-hydrogen) atoms. The third kappa shape index (κ3) is 3.70. The number of likely N-dealkylation sites (tertiary alicyclic amines) is 1. The molecule has 0 saturated carbocycles. The highest BCUT2D eigenvalue weighted by Gasteiger charge is 2.36. The van der Waals surface area contributed by atoms with Gasteiger partial charge in [-0.05, 0) is 12.5 Å². The average molecular weight is 332 g/mol. The van der Waals surface area contributed by atoms with E-state index < -0.39 is 0 Å². The molecule has 2 fully saturated rings. The van der Waals surface area contributed by atoms with E-state index in [4.69, 9.17) is 9.47 Å². The number of hydrogen-bond acceptors (Lipinski definition) is 4. The first-order valence-electron chi connectivity index (χ1n) is 8.45. The zero-order chi connectivity index (χ0) is 16.9. The van der Waals surface area contributed by atoms with Gasteiger partial charge >= 0.3 is 0 Å². The molecule has 130 valence electrons. The van der Waals surface area contributed by atoms with Crippen molar-refractivity contribution in [2.24, 2.45) is 5.92 Å². The van der Waals surface area contributed by atoms with Crippen molar-refractivity contribution in [2.75, 3.05) is 40.0 Å². The molecule has 2 heterocycles. The minimum Gasteiger partial charge on any atom is -0.496 e. The molecule has 2 amide bonds. The van der Waals surface area contributed by atoms with Gasteiger partial charge in [-0.1, -0.05) is 18.2 Å². The molecule has 3 rings (SSSR count). The van der Waals surface area contributed by atoms with Gasteiger partial charge in [0.2, 0.25) is 11.8 Å². The van der Waals surface area contributed by atoms with Crippen LogP contribution in [0.2, 0.25) is 0 Å². The molecule has 0 spiro atoms. The summed E-state index contributed by atoms with van der Waals surface area (Å²) < 4.78 is 10.7. The third-order valence-corrected chi connectivity index (χ3v) is 4.65. The molecule has 1 atom stereocenters. The predicted molar refractivity (Wildman–Crippen MR) is 88.5 cm³/mol. The van der Waals surface area contributed by atoms with Crippen molar-refractivity contribution in [3.63, 3.8) is 0 Å². The number of nitrogens with zero attached hydrogens (tertiary/aromatic N) is 2. The second-order valence-corrected chi connectivity index (χ2v) is 6.28. The van der Waals surface area contributed by atoms with Crippen LogP contribution in [0.1, 0.15) is 18.4 Å². The van der Waals surface area contributed by atoms with Crippen molar-refractivity contribution in [1.82, 2.24) is 9.80 Å². The first kappa shape index (κ1) is 16.8. The van der Waals surface area contributed by atoms with E-state index in [2.05, 4.69) is 0 Å². The molecule has 6 nitrogen and oxygen atoms in total. The van der Waals surface area contributed by atoms with Gasteiger partial charge in [-0.25, -0.2) is 0 Å². The second-order valence-electron chi connectivity index (χ2n) is 6.28. The van der Waals surface area contributed by atoms with E-state index in [1.54, 1.807) is 12.0 Å². The van der Waals surface area contributed by atoms with Crippen LogP contribution >= 0.6 is 0 Å². The van der Waals surface area contributed by atoms with Crippen molar-refractivity contribution in [3.8, 4) is 5.75 Å². The fraction of sp³-hybridized carbons (Fsp3) is 0.556. The minimum atomic E-state index is -0.245. The standard InChI is InChI=1S/C18H24N2O4/c1-23-16-6-3-2-5-14(16)12-20-13-15(11-17(20)21)18(22)19-7-4-9-24-10-8-19/h2-3,5-6,15H,4,7-13H2,1H3/t15-/m0/s1. The summed E-state index contributed by atoms with van der Waals surface area (Å²) in [5.41, 5.74) is 0.963. The smallest absolute Gasteiger partial charge is 0.228 e. The van der Waals surface area contributed by atoms with Crippen LogP contribution in [0.25, 0.3) is 0 Å². The summed E-state index contributed by atoms with van der Waals surface area (Å²) in [6, 6.07) is 7.67. The molecule has 0 N–H and O–H groups in total. The van der Waals surface area contributed by atoms with Crippen LogP contribution in [0.3, 0.4) is 0 Å². The van der Waals surface area contributed by atoms with Crippen molar-refractivity contribution >= 4 is 11.8 Å². The zero-order valence-corrected chi connectivity index (χ0v) is 14.1. The number of amides is 2. The normalized spacial score (nSPS) is 21.7. The van der Waals surface area contributed by atoms with Gasteiger partial charge in [-0.15, -0.1) is 0 Å². The topological polar surface area (TPSA) is 59.1 Å². The Balaban J connectivity index is 1.63. The first-order valence-corrected chi connectivity index (χ1v) is 8.45. The molecular weight excluding hydrogens is 308 g/mol. The SMILES string of the molecule is COc1ccccc1CN1C[C@@H](C(=O)N2CCCOCC2)CC1=O. The number of carbonyl (C=O) groups is 2. The van der Waals surface area contributed by atoms with Crippen molar-refractivity contribution in [1.29, 1.82) is 0 Å². The molecule has 0 radical (unpaired) electrons. The Labute approximate surface area is 142 Å². The Morgan fingerprint density at radius 1 is 1.29 bits per heavy atom. The maximum Gasteiger partial charge on any atom is 0.228 e. The lowest BCUT2D eigenvalue weighted by Crippen LogP contribution is -2.38. The van der Waals surface area contributed by atoms with Crippen LogP contribution in [0.4, 0.5) is 0 Å². The van der Waals surface area contributed by atoms with E-state index in [-0.39, 0.29) is 17.7 Å². The maximum absolute atomic E-state index is 12.7. The summed E-state index contributed by atoms with van der Waals surface area (Å²) in [5.74, 6) is 0.636. The first-order chi connectivity index (χ1) is 11.7. The predicted octanol–water partition coefficient (Wildman–Crippen LogP) is 1.29. The Morgan fingerprint density at radius 3 is 2.96 bits per heavy atom. The minimum absolute atomic E-state index is 0.0327. The Bertz CT molecular complexity index is 596. The molecule has 1 aromatic carbocycles. The Kier molecular flexibility index (Phi) is 5.35. The van der Waals surface area contributed by atoms with Crippen LogP contribution in [0.15, 0.2) is 24.3 Å². The highest BCUT2D eigenvalue weighted by molar-refractivity contribution is 5.89. The summed E-state index contributed by atoms with van der Waals surface area (Å²) >= 11 is 0. The summed E-state index contributed by atoms with van der Waals surface area (Å²) in [5, 5.41) is 0. The number of para-hydroxylation sites is 1. The summed E-state index contributed by atoms with van der Waals surface area (Å²) in [4.78, 5) is 28.6. The second kappa shape index (κ2) is 7.66. The summed E-state index contributed by atoms with van der Waals surface area (Å²) in [7, 11) is 1.62. The molecular formula is C18H24N2O4. The average Bonchev–Trinajstić information content (AvgIpc) is 2.80. The largest absolute Gasteiger partial charge is 0.496 e. The van der Waals surface area contributed by atoms with Crippen LogP contribution in [0.5, 0.6) is 5.75 Å². The highest BCUT2D eigenvalue weighted by atomic mass is 16.5. The quantitative estimate of drug-likeness (QED) is 0.834. The van der Waals surface area contributed by atoms with E-state index in [1.807, 2.05) is 29.2 Å². The van der Waals surface area contributed by atoms with Gasteiger partial charge in [0, 0.05) is 44.8 Å².